The van der Waals surface area contributed by atoms with Gasteiger partial charge >= 0.3 is 12.2 Å². The van der Waals surface area contributed by atoms with Crippen molar-refractivity contribution in [1.82, 2.24) is 5.32 Å². The molecule has 0 spiro atoms. The average Bonchev–Trinajstić information content (AvgIpc) is 2.65. The van der Waals surface area contributed by atoms with Crippen LogP contribution in [0.5, 0.6) is 5.75 Å². The van der Waals surface area contributed by atoms with Crippen molar-refractivity contribution in [1.29, 1.82) is 0 Å². The van der Waals surface area contributed by atoms with Gasteiger partial charge in [0.05, 0.1) is 30.3 Å². The van der Waals surface area contributed by atoms with Crippen LogP contribution in [0.1, 0.15) is 42.5 Å². The Morgan fingerprint density at radius 3 is 2.47 bits per heavy atom. The van der Waals surface area contributed by atoms with Crippen molar-refractivity contribution in [3.63, 3.8) is 0 Å². The Hall–Kier alpha value is -3.23. The monoisotopic (exact) mass is 423 g/mol. The number of halogens is 3. The molecular weight excluding hydrogens is 399 g/mol. The van der Waals surface area contributed by atoms with Gasteiger partial charge in [-0.1, -0.05) is 31.2 Å². The molecule has 0 aliphatic carbocycles. The molecule has 0 aliphatic heterocycles. The lowest BCUT2D eigenvalue weighted by Gasteiger charge is -2.20. The lowest BCUT2D eigenvalue weighted by atomic mass is 9.98. The smallest absolute Gasteiger partial charge is 0.416 e. The van der Waals surface area contributed by atoms with E-state index in [1.54, 1.807) is 18.2 Å². The number of amides is 3. The van der Waals surface area contributed by atoms with E-state index in [0.29, 0.717) is 12.0 Å². The first-order valence-corrected chi connectivity index (χ1v) is 9.37. The molecule has 30 heavy (non-hydrogen) atoms. The largest absolute Gasteiger partial charge is 0.491 e. The molecule has 0 saturated carbocycles. The van der Waals surface area contributed by atoms with Crippen molar-refractivity contribution in [2.75, 3.05) is 11.9 Å². The van der Waals surface area contributed by atoms with Crippen LogP contribution in [0.25, 0.3) is 0 Å². The number of carbonyl (C=O) groups is 2. The fourth-order valence-electron chi connectivity index (χ4n) is 2.92. The highest BCUT2D eigenvalue weighted by Crippen LogP contribution is 2.35. The summed E-state index contributed by atoms with van der Waals surface area (Å²) in [4.78, 5) is 24.0. The molecule has 6 nitrogen and oxygen atoms in total. The van der Waals surface area contributed by atoms with Gasteiger partial charge in [0.25, 0.3) is 0 Å². The Balaban J connectivity index is 2.27. The Morgan fingerprint density at radius 2 is 1.87 bits per heavy atom. The molecule has 2 aromatic rings. The number of hydrogen-bond acceptors (Lipinski definition) is 3. The van der Waals surface area contributed by atoms with Crippen molar-refractivity contribution in [3.05, 3.63) is 59.2 Å². The van der Waals surface area contributed by atoms with Gasteiger partial charge in [-0.3, -0.25) is 4.79 Å². The van der Waals surface area contributed by atoms with Crippen LogP contribution in [-0.4, -0.2) is 18.5 Å². The number of anilines is 1. The minimum absolute atomic E-state index is 0.0918. The van der Waals surface area contributed by atoms with Crippen LogP contribution >= 0.6 is 0 Å². The number of hydrogen-bond donors (Lipinski definition) is 3. The number of urea groups is 1. The standard InChI is InChI=1S/C21H24F3N3O3/c1-3-10-30-18-9-8-14(21(22,23)24)11-17(18)26-19(28)12-16(27-20(25)29)15-7-5-4-6-13(15)2/h4-9,11,16H,3,10,12H2,1-2H3,(H,26,28)(H3,25,27,29)/t16-/m1/s1. The normalized spacial score (nSPS) is 12.2. The van der Waals surface area contributed by atoms with Crippen LogP contribution in [0.3, 0.4) is 0 Å². The summed E-state index contributed by atoms with van der Waals surface area (Å²) < 4.78 is 44.7. The van der Waals surface area contributed by atoms with Crippen LogP contribution in [0, 0.1) is 6.92 Å². The number of primary amides is 1. The van der Waals surface area contributed by atoms with Crippen molar-refractivity contribution < 1.29 is 27.5 Å². The average molecular weight is 423 g/mol. The third-order valence-corrected chi connectivity index (χ3v) is 4.31. The number of alkyl halides is 3. The third-order valence-electron chi connectivity index (χ3n) is 4.31. The van der Waals surface area contributed by atoms with Gasteiger partial charge in [-0.25, -0.2) is 4.79 Å². The van der Waals surface area contributed by atoms with E-state index in [2.05, 4.69) is 10.6 Å². The van der Waals surface area contributed by atoms with Crippen molar-refractivity contribution >= 4 is 17.6 Å². The lowest BCUT2D eigenvalue weighted by Crippen LogP contribution is -2.35. The van der Waals surface area contributed by atoms with Crippen molar-refractivity contribution in [2.45, 2.75) is 38.9 Å². The first-order valence-electron chi connectivity index (χ1n) is 9.37. The van der Waals surface area contributed by atoms with Crippen LogP contribution < -0.4 is 21.1 Å². The molecule has 162 valence electrons. The van der Waals surface area contributed by atoms with Crippen LogP contribution in [0.15, 0.2) is 42.5 Å². The molecule has 2 rings (SSSR count). The summed E-state index contributed by atoms with van der Waals surface area (Å²) in [7, 11) is 0. The molecule has 4 N–H and O–H groups in total. The topological polar surface area (TPSA) is 93.4 Å². The molecule has 3 amide bonds. The summed E-state index contributed by atoms with van der Waals surface area (Å²) in [6.07, 6.45) is -4.15. The van der Waals surface area contributed by atoms with Gasteiger partial charge < -0.3 is 21.1 Å². The van der Waals surface area contributed by atoms with E-state index < -0.39 is 29.7 Å². The van der Waals surface area contributed by atoms with E-state index in [1.165, 1.54) is 6.07 Å². The number of nitrogens with two attached hydrogens (primary N) is 1. The van der Waals surface area contributed by atoms with E-state index in [9.17, 15) is 22.8 Å². The maximum atomic E-state index is 13.1. The Kier molecular flexibility index (Phi) is 7.68. The summed E-state index contributed by atoms with van der Waals surface area (Å²) >= 11 is 0. The summed E-state index contributed by atoms with van der Waals surface area (Å²) in [6, 6.07) is 8.44. The van der Waals surface area contributed by atoms with Gasteiger partial charge in [-0.05, 0) is 42.7 Å². The summed E-state index contributed by atoms with van der Waals surface area (Å²) in [5.74, 6) is -0.467. The molecule has 0 fully saturated rings. The summed E-state index contributed by atoms with van der Waals surface area (Å²) in [5.41, 5.74) is 5.73. The van der Waals surface area contributed by atoms with Gasteiger partial charge in [0.1, 0.15) is 5.75 Å². The number of aryl methyl sites for hydroxylation is 1. The highest BCUT2D eigenvalue weighted by molar-refractivity contribution is 5.93. The maximum absolute atomic E-state index is 13.1. The van der Waals surface area contributed by atoms with Crippen LogP contribution in [0.4, 0.5) is 23.7 Å². The fourth-order valence-corrected chi connectivity index (χ4v) is 2.92. The van der Waals surface area contributed by atoms with E-state index >= 15 is 0 Å². The van der Waals surface area contributed by atoms with Gasteiger partial charge in [0, 0.05) is 0 Å². The Labute approximate surface area is 172 Å². The Morgan fingerprint density at radius 1 is 1.17 bits per heavy atom. The second-order valence-electron chi connectivity index (χ2n) is 6.73. The molecular formula is C21H24F3N3O3. The number of ether oxygens (including phenoxy) is 1. The summed E-state index contributed by atoms with van der Waals surface area (Å²) in [6.45, 7) is 3.94. The molecule has 0 aromatic heterocycles. The van der Waals surface area contributed by atoms with E-state index in [0.717, 1.165) is 17.7 Å². The number of nitrogens with one attached hydrogen (secondary N) is 2. The maximum Gasteiger partial charge on any atom is 0.416 e. The predicted molar refractivity (Wildman–Crippen MR) is 107 cm³/mol. The predicted octanol–water partition coefficient (Wildman–Crippen LogP) is 4.54. The molecule has 0 radical (unpaired) electrons. The zero-order valence-corrected chi connectivity index (χ0v) is 16.7. The van der Waals surface area contributed by atoms with Crippen molar-refractivity contribution in [3.8, 4) is 5.75 Å². The molecule has 0 bridgehead atoms. The third kappa shape index (κ3) is 6.40. The zero-order valence-electron chi connectivity index (χ0n) is 16.7. The first kappa shape index (κ1) is 23.1. The molecule has 0 unspecified atom stereocenters. The quantitative estimate of drug-likeness (QED) is 0.582. The molecule has 9 heteroatoms. The van der Waals surface area contributed by atoms with Crippen LogP contribution in [-0.2, 0) is 11.0 Å². The molecule has 2 aromatic carbocycles. The minimum atomic E-state index is -4.57. The van der Waals surface area contributed by atoms with E-state index in [1.807, 2.05) is 19.9 Å². The zero-order chi connectivity index (χ0) is 22.3. The van der Waals surface area contributed by atoms with Crippen LogP contribution in [0.2, 0.25) is 0 Å². The number of benzene rings is 2. The Bertz CT molecular complexity index is 901. The molecule has 0 aliphatic rings. The summed E-state index contributed by atoms with van der Waals surface area (Å²) in [5, 5.41) is 4.97. The fraction of sp³-hybridized carbons (Fsp3) is 0.333. The van der Waals surface area contributed by atoms with Gasteiger partial charge in [0.15, 0.2) is 0 Å². The van der Waals surface area contributed by atoms with Gasteiger partial charge in [-0.15, -0.1) is 0 Å². The van der Waals surface area contributed by atoms with Gasteiger partial charge in [0.2, 0.25) is 5.91 Å². The highest BCUT2D eigenvalue weighted by atomic mass is 19.4. The minimum Gasteiger partial charge on any atom is -0.491 e. The lowest BCUT2D eigenvalue weighted by molar-refractivity contribution is -0.137. The first-order chi connectivity index (χ1) is 14.1. The second kappa shape index (κ2) is 10.00. The molecule has 0 heterocycles. The van der Waals surface area contributed by atoms with Gasteiger partial charge in [-0.2, -0.15) is 13.2 Å². The molecule has 1 atom stereocenters. The molecule has 0 saturated heterocycles. The van der Waals surface area contributed by atoms with E-state index in [-0.39, 0.29) is 24.5 Å². The number of rotatable bonds is 8. The van der Waals surface area contributed by atoms with Crippen molar-refractivity contribution in [2.24, 2.45) is 5.73 Å². The SMILES string of the molecule is CCCOc1ccc(C(F)(F)F)cc1NC(=O)C[C@@H](NC(N)=O)c1ccccc1C. The second-order valence-corrected chi connectivity index (χ2v) is 6.73. The number of carbonyl (C=O) groups excluding carboxylic acids is 2. The van der Waals surface area contributed by atoms with E-state index in [4.69, 9.17) is 10.5 Å². The highest BCUT2D eigenvalue weighted by Gasteiger charge is 2.31.